The molecule has 3 nitrogen and oxygen atoms in total. The summed E-state index contributed by atoms with van der Waals surface area (Å²) in [5, 5.41) is 4.01. The molecule has 25 heavy (non-hydrogen) atoms. The summed E-state index contributed by atoms with van der Waals surface area (Å²) < 4.78 is 5.21. The van der Waals surface area contributed by atoms with Crippen molar-refractivity contribution in [1.82, 2.24) is 0 Å². The number of hydrogen-bond donors (Lipinski definition) is 1. The normalized spacial score (nSPS) is 11.2. The van der Waals surface area contributed by atoms with Crippen LogP contribution in [0.1, 0.15) is 11.1 Å². The molecule has 0 aliphatic heterocycles. The van der Waals surface area contributed by atoms with E-state index in [0.717, 1.165) is 22.7 Å². The second kappa shape index (κ2) is 7.86. The highest BCUT2D eigenvalue weighted by Crippen LogP contribution is 2.22. The zero-order valence-corrected chi connectivity index (χ0v) is 14.9. The van der Waals surface area contributed by atoms with Crippen LogP contribution in [0.15, 0.2) is 77.8 Å². The van der Waals surface area contributed by atoms with Gasteiger partial charge in [-0.1, -0.05) is 41.4 Å². The third-order valence-electron chi connectivity index (χ3n) is 3.76. The summed E-state index contributed by atoms with van der Waals surface area (Å²) in [6.45, 7) is 2.05. The van der Waals surface area contributed by atoms with Crippen molar-refractivity contribution in [2.45, 2.75) is 6.92 Å². The van der Waals surface area contributed by atoms with E-state index in [1.54, 1.807) is 7.11 Å². The fourth-order valence-electron chi connectivity index (χ4n) is 2.37. The monoisotopic (exact) mass is 350 g/mol. The van der Waals surface area contributed by atoms with Crippen LogP contribution in [0.3, 0.4) is 0 Å². The van der Waals surface area contributed by atoms with E-state index in [1.807, 2.05) is 72.8 Å². The van der Waals surface area contributed by atoms with Crippen LogP contribution in [0, 0.1) is 6.92 Å². The molecule has 0 radical (unpaired) electrons. The second-order valence-corrected chi connectivity index (χ2v) is 6.04. The van der Waals surface area contributed by atoms with E-state index in [-0.39, 0.29) is 0 Å². The lowest BCUT2D eigenvalue weighted by Crippen LogP contribution is -2.14. The molecule has 3 rings (SSSR count). The number of benzene rings is 3. The summed E-state index contributed by atoms with van der Waals surface area (Å²) >= 11 is 6.38. The Hall–Kier alpha value is -2.78. The lowest BCUT2D eigenvalue weighted by Gasteiger charge is -2.12. The van der Waals surface area contributed by atoms with Crippen molar-refractivity contribution in [2.24, 2.45) is 4.99 Å². The molecule has 0 saturated heterocycles. The van der Waals surface area contributed by atoms with E-state index < -0.39 is 0 Å². The summed E-state index contributed by atoms with van der Waals surface area (Å²) in [5.74, 6) is 1.50. The van der Waals surface area contributed by atoms with Crippen LogP contribution in [0.2, 0.25) is 5.02 Å². The Labute approximate surface area is 153 Å². The van der Waals surface area contributed by atoms with Crippen LogP contribution < -0.4 is 10.1 Å². The molecule has 0 saturated carbocycles. The average molecular weight is 351 g/mol. The minimum absolute atomic E-state index is 0.648. The minimum Gasteiger partial charge on any atom is -0.497 e. The number of methoxy groups -OCH3 is 1. The Morgan fingerprint density at radius 3 is 2.24 bits per heavy atom. The topological polar surface area (TPSA) is 33.6 Å². The maximum absolute atomic E-state index is 6.38. The van der Waals surface area contributed by atoms with Crippen molar-refractivity contribution in [2.75, 3.05) is 12.4 Å². The quantitative estimate of drug-likeness (QED) is 0.473. The van der Waals surface area contributed by atoms with E-state index >= 15 is 0 Å². The van der Waals surface area contributed by atoms with Crippen LogP contribution in [-0.2, 0) is 0 Å². The van der Waals surface area contributed by atoms with Gasteiger partial charge in [0, 0.05) is 11.3 Å². The van der Waals surface area contributed by atoms with Gasteiger partial charge >= 0.3 is 0 Å². The fraction of sp³-hybridized carbons (Fsp3) is 0.0952. The predicted octanol–water partition coefficient (Wildman–Crippen LogP) is 5.85. The summed E-state index contributed by atoms with van der Waals surface area (Å²) in [5.41, 5.74) is 3.81. The molecule has 0 heterocycles. The number of anilines is 1. The molecule has 0 aliphatic rings. The number of halogens is 1. The molecule has 0 amide bonds. The number of amidine groups is 1. The number of nitrogens with one attached hydrogen (secondary N) is 1. The van der Waals surface area contributed by atoms with Gasteiger partial charge in [-0.05, 0) is 55.5 Å². The van der Waals surface area contributed by atoms with Gasteiger partial charge in [0.2, 0.25) is 0 Å². The van der Waals surface area contributed by atoms with Gasteiger partial charge in [-0.15, -0.1) is 0 Å². The Morgan fingerprint density at radius 1 is 0.920 bits per heavy atom. The maximum atomic E-state index is 6.38. The number of rotatable bonds is 4. The van der Waals surface area contributed by atoms with E-state index in [9.17, 15) is 0 Å². The first kappa shape index (κ1) is 17.1. The predicted molar refractivity (Wildman–Crippen MR) is 105 cm³/mol. The van der Waals surface area contributed by atoms with Gasteiger partial charge < -0.3 is 10.1 Å². The van der Waals surface area contributed by atoms with Crippen molar-refractivity contribution in [1.29, 1.82) is 0 Å². The van der Waals surface area contributed by atoms with Gasteiger partial charge in [-0.2, -0.15) is 0 Å². The van der Waals surface area contributed by atoms with Crippen molar-refractivity contribution in [3.8, 4) is 5.75 Å². The molecular formula is C21H19ClN2O. The Bertz CT molecular complexity index is 871. The highest BCUT2D eigenvalue weighted by molar-refractivity contribution is 6.35. The van der Waals surface area contributed by atoms with Crippen molar-refractivity contribution in [3.63, 3.8) is 0 Å². The molecule has 126 valence electrons. The SMILES string of the molecule is COc1ccc(NC(=Nc2ccc(C)cc2)c2ccccc2Cl)cc1. The molecule has 3 aromatic rings. The molecule has 0 unspecified atom stereocenters. The molecule has 0 atom stereocenters. The van der Waals surface area contributed by atoms with Gasteiger partial charge in [0.15, 0.2) is 0 Å². The lowest BCUT2D eigenvalue weighted by molar-refractivity contribution is 0.415. The molecule has 0 aliphatic carbocycles. The van der Waals surface area contributed by atoms with Crippen LogP contribution in [0.5, 0.6) is 5.75 Å². The summed E-state index contributed by atoms with van der Waals surface area (Å²) in [4.78, 5) is 4.76. The van der Waals surface area contributed by atoms with Crippen molar-refractivity contribution >= 4 is 28.8 Å². The standard InChI is InChI=1S/C21H19ClN2O/c1-15-7-9-16(10-8-15)23-21(19-5-3-4-6-20(19)22)24-17-11-13-18(25-2)14-12-17/h3-14H,1-2H3,(H,23,24). The molecule has 1 N–H and O–H groups in total. The van der Waals surface area contributed by atoms with E-state index in [4.69, 9.17) is 21.3 Å². The molecule has 0 bridgehead atoms. The number of aliphatic imine (C=N–C) groups is 1. The Balaban J connectivity index is 1.99. The van der Waals surface area contributed by atoms with E-state index in [1.165, 1.54) is 5.56 Å². The first-order chi connectivity index (χ1) is 12.2. The second-order valence-electron chi connectivity index (χ2n) is 5.63. The first-order valence-electron chi connectivity index (χ1n) is 7.97. The van der Waals surface area contributed by atoms with Crippen molar-refractivity contribution < 1.29 is 4.74 Å². The van der Waals surface area contributed by atoms with Gasteiger partial charge in [0.05, 0.1) is 17.8 Å². The van der Waals surface area contributed by atoms with Gasteiger partial charge in [0.25, 0.3) is 0 Å². The van der Waals surface area contributed by atoms with Gasteiger partial charge in [-0.3, -0.25) is 0 Å². The number of hydrogen-bond acceptors (Lipinski definition) is 2. The molecule has 0 aromatic heterocycles. The fourth-order valence-corrected chi connectivity index (χ4v) is 2.59. The highest BCUT2D eigenvalue weighted by Gasteiger charge is 2.09. The average Bonchev–Trinajstić information content (AvgIpc) is 2.64. The smallest absolute Gasteiger partial charge is 0.139 e. The van der Waals surface area contributed by atoms with Crippen LogP contribution in [0.4, 0.5) is 11.4 Å². The minimum atomic E-state index is 0.648. The summed E-state index contributed by atoms with van der Waals surface area (Å²) in [6, 6.07) is 23.4. The van der Waals surface area contributed by atoms with Crippen LogP contribution in [0.25, 0.3) is 0 Å². The van der Waals surface area contributed by atoms with Gasteiger partial charge in [0.1, 0.15) is 11.6 Å². The number of ether oxygens (including phenoxy) is 1. The number of aryl methyl sites for hydroxylation is 1. The Morgan fingerprint density at radius 2 is 1.60 bits per heavy atom. The molecule has 3 aromatic carbocycles. The lowest BCUT2D eigenvalue weighted by atomic mass is 10.2. The van der Waals surface area contributed by atoms with E-state index in [2.05, 4.69) is 12.2 Å². The highest BCUT2D eigenvalue weighted by atomic mass is 35.5. The Kier molecular flexibility index (Phi) is 5.36. The van der Waals surface area contributed by atoms with Crippen LogP contribution >= 0.6 is 11.6 Å². The third kappa shape index (κ3) is 4.40. The maximum Gasteiger partial charge on any atom is 0.139 e. The van der Waals surface area contributed by atoms with Gasteiger partial charge in [-0.25, -0.2) is 4.99 Å². The molecular weight excluding hydrogens is 332 g/mol. The largest absolute Gasteiger partial charge is 0.497 e. The van der Waals surface area contributed by atoms with E-state index in [0.29, 0.717) is 10.9 Å². The van der Waals surface area contributed by atoms with Crippen LogP contribution in [-0.4, -0.2) is 12.9 Å². The number of nitrogens with zero attached hydrogens (tertiary/aromatic N) is 1. The zero-order valence-electron chi connectivity index (χ0n) is 14.2. The van der Waals surface area contributed by atoms with Crippen molar-refractivity contribution in [3.05, 3.63) is 88.9 Å². The first-order valence-corrected chi connectivity index (χ1v) is 8.35. The summed E-state index contributed by atoms with van der Waals surface area (Å²) in [6.07, 6.45) is 0. The molecule has 0 spiro atoms. The molecule has 0 fully saturated rings. The third-order valence-corrected chi connectivity index (χ3v) is 4.09. The zero-order chi connectivity index (χ0) is 17.6. The summed E-state index contributed by atoms with van der Waals surface area (Å²) in [7, 11) is 1.65. The molecule has 4 heteroatoms.